The van der Waals surface area contributed by atoms with Gasteiger partial charge in [-0.3, -0.25) is 14.9 Å². The van der Waals surface area contributed by atoms with Crippen LogP contribution in [0.15, 0.2) is 29.2 Å². The summed E-state index contributed by atoms with van der Waals surface area (Å²) in [7, 11) is -3.81. The second kappa shape index (κ2) is 12.4. The Kier molecular flexibility index (Phi) is 9.92. The second-order valence-corrected chi connectivity index (χ2v) is 9.25. The molecule has 3 N–H and O–H groups in total. The minimum Gasteiger partial charge on any atom is -0.494 e. The predicted octanol–water partition coefficient (Wildman–Crippen LogP) is 1.84. The summed E-state index contributed by atoms with van der Waals surface area (Å²) in [4.78, 5) is 35.9. The molecule has 1 unspecified atom stereocenters. The van der Waals surface area contributed by atoms with Crippen molar-refractivity contribution in [2.24, 2.45) is 0 Å². The summed E-state index contributed by atoms with van der Waals surface area (Å²) in [6.07, 6.45) is 3.49. The summed E-state index contributed by atoms with van der Waals surface area (Å²) in [5.41, 5.74) is 0. The number of sulfonamides is 1. The van der Waals surface area contributed by atoms with Gasteiger partial charge in [-0.05, 0) is 51.0 Å². The molecule has 1 saturated carbocycles. The number of ether oxygens (including phenoxy) is 2. The molecule has 0 heterocycles. The maximum Gasteiger partial charge on any atom is 0.321 e. The highest BCUT2D eigenvalue weighted by atomic mass is 32.2. The first kappa shape index (κ1) is 25.6. The lowest BCUT2D eigenvalue weighted by atomic mass is 9.96. The lowest BCUT2D eigenvalue weighted by Crippen LogP contribution is -2.48. The number of carbonyl (C=O) groups excluding carboxylic acids is 3. The van der Waals surface area contributed by atoms with E-state index in [1.54, 1.807) is 0 Å². The molecule has 178 valence electrons. The molecule has 0 spiro atoms. The number of esters is 1. The number of amides is 3. The highest BCUT2D eigenvalue weighted by molar-refractivity contribution is 7.89. The zero-order chi connectivity index (χ0) is 23.6. The summed E-state index contributed by atoms with van der Waals surface area (Å²) in [6.45, 7) is 3.42. The van der Waals surface area contributed by atoms with Crippen molar-refractivity contribution in [1.82, 2.24) is 15.4 Å². The molecule has 1 fully saturated rings. The van der Waals surface area contributed by atoms with Crippen LogP contribution in [-0.4, -0.2) is 51.6 Å². The quantitative estimate of drug-likeness (QED) is 0.444. The van der Waals surface area contributed by atoms with Gasteiger partial charge in [-0.1, -0.05) is 19.3 Å². The molecule has 32 heavy (non-hydrogen) atoms. The van der Waals surface area contributed by atoms with E-state index in [4.69, 9.17) is 9.47 Å². The molecule has 0 saturated heterocycles. The molecule has 2 rings (SSSR count). The van der Waals surface area contributed by atoms with E-state index in [1.807, 2.05) is 6.92 Å². The molecule has 1 aromatic rings. The second-order valence-electron chi connectivity index (χ2n) is 7.48. The lowest BCUT2D eigenvalue weighted by molar-refractivity contribution is -0.154. The highest BCUT2D eigenvalue weighted by Gasteiger charge is 2.22. The fourth-order valence-electron chi connectivity index (χ4n) is 3.24. The van der Waals surface area contributed by atoms with Gasteiger partial charge in [-0.15, -0.1) is 0 Å². The third kappa shape index (κ3) is 8.46. The summed E-state index contributed by atoms with van der Waals surface area (Å²) < 4.78 is 37.1. The van der Waals surface area contributed by atoms with Crippen molar-refractivity contribution < 1.29 is 32.3 Å². The molecule has 1 aromatic carbocycles. The number of nitrogens with one attached hydrogen (secondary N) is 3. The topological polar surface area (TPSA) is 140 Å². The van der Waals surface area contributed by atoms with Crippen molar-refractivity contribution in [3.63, 3.8) is 0 Å². The molecule has 3 amide bonds. The van der Waals surface area contributed by atoms with Crippen LogP contribution >= 0.6 is 0 Å². The van der Waals surface area contributed by atoms with E-state index in [2.05, 4.69) is 15.4 Å². The van der Waals surface area contributed by atoms with Crippen molar-refractivity contribution in [3.05, 3.63) is 24.3 Å². The van der Waals surface area contributed by atoms with Gasteiger partial charge in [0.2, 0.25) is 10.0 Å². The maximum atomic E-state index is 12.3. The van der Waals surface area contributed by atoms with E-state index in [0.717, 1.165) is 32.1 Å². The van der Waals surface area contributed by atoms with Crippen LogP contribution in [0.2, 0.25) is 0 Å². The van der Waals surface area contributed by atoms with E-state index < -0.39 is 34.0 Å². The zero-order valence-corrected chi connectivity index (χ0v) is 19.2. The number of hydrogen-bond acceptors (Lipinski definition) is 7. The molecular formula is C21H31N3O7S. The van der Waals surface area contributed by atoms with Gasteiger partial charge < -0.3 is 14.8 Å². The Morgan fingerprint density at radius 3 is 2.38 bits per heavy atom. The Balaban J connectivity index is 1.71. The van der Waals surface area contributed by atoms with Crippen molar-refractivity contribution >= 4 is 27.9 Å². The number of urea groups is 1. The van der Waals surface area contributed by atoms with Gasteiger partial charge >= 0.3 is 12.0 Å². The number of imide groups is 1. The number of benzene rings is 1. The van der Waals surface area contributed by atoms with Gasteiger partial charge in [0.05, 0.1) is 17.9 Å². The predicted molar refractivity (Wildman–Crippen MR) is 117 cm³/mol. The minimum atomic E-state index is -3.81. The Morgan fingerprint density at radius 1 is 1.09 bits per heavy atom. The van der Waals surface area contributed by atoms with E-state index in [0.29, 0.717) is 12.4 Å². The Labute approximate surface area is 188 Å². The van der Waals surface area contributed by atoms with E-state index in [1.165, 1.54) is 31.2 Å². The maximum absolute atomic E-state index is 12.3. The monoisotopic (exact) mass is 469 g/mol. The molecule has 0 aromatic heterocycles. The minimum absolute atomic E-state index is 0.0334. The zero-order valence-electron chi connectivity index (χ0n) is 18.4. The van der Waals surface area contributed by atoms with Gasteiger partial charge in [0.1, 0.15) is 5.75 Å². The third-order valence-electron chi connectivity index (χ3n) is 4.92. The van der Waals surface area contributed by atoms with Gasteiger partial charge in [0.25, 0.3) is 5.91 Å². The molecule has 0 aliphatic heterocycles. The van der Waals surface area contributed by atoms with Crippen molar-refractivity contribution in [2.75, 3.05) is 13.2 Å². The third-order valence-corrected chi connectivity index (χ3v) is 6.40. The first-order valence-corrected chi connectivity index (χ1v) is 12.2. The lowest BCUT2D eigenvalue weighted by Gasteiger charge is -2.23. The summed E-state index contributed by atoms with van der Waals surface area (Å²) in [5.74, 6) is -0.967. The normalized spacial score (nSPS) is 15.4. The van der Waals surface area contributed by atoms with Crippen LogP contribution in [0, 0.1) is 0 Å². The summed E-state index contributed by atoms with van der Waals surface area (Å²) in [6, 6.07) is 5.30. The van der Waals surface area contributed by atoms with Crippen LogP contribution in [0.4, 0.5) is 4.79 Å². The van der Waals surface area contributed by atoms with Crippen molar-refractivity contribution in [1.29, 1.82) is 0 Å². The van der Waals surface area contributed by atoms with Crippen molar-refractivity contribution in [2.45, 2.75) is 69.4 Å². The van der Waals surface area contributed by atoms with Gasteiger partial charge in [-0.25, -0.2) is 17.9 Å². The Morgan fingerprint density at radius 2 is 1.75 bits per heavy atom. The Bertz CT molecular complexity index is 881. The first-order chi connectivity index (χ1) is 15.2. The van der Waals surface area contributed by atoms with Gasteiger partial charge in [0, 0.05) is 12.6 Å². The van der Waals surface area contributed by atoms with Gasteiger partial charge in [0.15, 0.2) is 6.10 Å². The standard InChI is InChI=1S/C21H31N3O7S/c1-3-30-17-9-11-18(12-10-17)32(28,29)22-14-13-19(25)31-15(2)20(26)24-21(27)23-16-7-5-4-6-8-16/h9-12,15-16,22H,3-8,13-14H2,1-2H3,(H2,23,24,26,27). The molecule has 0 radical (unpaired) electrons. The highest BCUT2D eigenvalue weighted by Crippen LogP contribution is 2.17. The van der Waals surface area contributed by atoms with E-state index in [9.17, 15) is 22.8 Å². The van der Waals surface area contributed by atoms with Crippen LogP contribution in [0.25, 0.3) is 0 Å². The number of hydrogen-bond donors (Lipinski definition) is 3. The summed E-state index contributed by atoms with van der Waals surface area (Å²) >= 11 is 0. The smallest absolute Gasteiger partial charge is 0.321 e. The summed E-state index contributed by atoms with van der Waals surface area (Å²) in [5, 5.41) is 4.90. The van der Waals surface area contributed by atoms with E-state index >= 15 is 0 Å². The van der Waals surface area contributed by atoms with Crippen LogP contribution in [0.5, 0.6) is 5.75 Å². The van der Waals surface area contributed by atoms with Crippen LogP contribution in [-0.2, 0) is 24.3 Å². The molecular weight excluding hydrogens is 438 g/mol. The SMILES string of the molecule is CCOc1ccc(S(=O)(=O)NCCC(=O)OC(C)C(=O)NC(=O)NC2CCCCC2)cc1. The largest absolute Gasteiger partial charge is 0.494 e. The molecule has 1 aliphatic carbocycles. The average Bonchev–Trinajstić information content (AvgIpc) is 2.74. The van der Waals surface area contributed by atoms with Gasteiger partial charge in [-0.2, -0.15) is 0 Å². The van der Waals surface area contributed by atoms with Crippen molar-refractivity contribution in [3.8, 4) is 5.75 Å². The molecule has 1 atom stereocenters. The molecule has 1 aliphatic rings. The average molecular weight is 470 g/mol. The molecule has 0 bridgehead atoms. The fraction of sp³-hybridized carbons (Fsp3) is 0.571. The number of rotatable bonds is 10. The molecule has 10 nitrogen and oxygen atoms in total. The van der Waals surface area contributed by atoms with Crippen LogP contribution < -0.4 is 20.1 Å². The van der Waals surface area contributed by atoms with Crippen LogP contribution in [0.3, 0.4) is 0 Å². The molecule has 11 heteroatoms. The fourth-order valence-corrected chi connectivity index (χ4v) is 4.28. The Hall–Kier alpha value is -2.66. The number of carbonyl (C=O) groups is 3. The van der Waals surface area contributed by atoms with E-state index in [-0.39, 0.29) is 23.9 Å². The first-order valence-electron chi connectivity index (χ1n) is 10.7. The van der Waals surface area contributed by atoms with Crippen LogP contribution in [0.1, 0.15) is 52.4 Å².